The number of terminal acetylenes is 2. The van der Waals surface area contributed by atoms with Gasteiger partial charge < -0.3 is 4.43 Å². The van der Waals surface area contributed by atoms with Crippen LogP contribution in [0.25, 0.3) is 0 Å². The molecule has 0 aliphatic heterocycles. The van der Waals surface area contributed by atoms with E-state index in [4.69, 9.17) is 17.3 Å². The molecule has 3 nitrogen and oxygen atoms in total. The summed E-state index contributed by atoms with van der Waals surface area (Å²) in [6.07, 6.45) is 12.0. The van der Waals surface area contributed by atoms with E-state index in [1.165, 1.54) is 10.4 Å². The summed E-state index contributed by atoms with van der Waals surface area (Å²) < 4.78 is 21.4. The lowest BCUT2D eigenvalue weighted by atomic mass is 10.2. The Balaban J connectivity index is 2.41. The van der Waals surface area contributed by atoms with E-state index in [1.54, 1.807) is 4.31 Å². The standard InChI is InChI=1S/C28H37NO2SSi/c1-9-22-29(32(30)27(3,4)5)24(10-2)21-23-31-33(28(6,7)8,25-17-13-11-14-18-25)26-19-15-12-16-20-26/h1-2,11-20,24H,21-23H2,3-8H3/t24-,32+/m0/s1. The van der Waals surface area contributed by atoms with Crippen LogP contribution in [0.5, 0.6) is 0 Å². The molecule has 0 N–H and O–H groups in total. The third kappa shape index (κ3) is 6.25. The van der Waals surface area contributed by atoms with Gasteiger partial charge in [-0.3, -0.25) is 0 Å². The zero-order valence-electron chi connectivity index (χ0n) is 20.8. The number of rotatable bonds is 9. The van der Waals surface area contributed by atoms with Gasteiger partial charge in [0.1, 0.15) is 11.0 Å². The molecular formula is C28H37NO2SSi. The number of benzene rings is 2. The van der Waals surface area contributed by atoms with Crippen molar-refractivity contribution in [2.24, 2.45) is 0 Å². The topological polar surface area (TPSA) is 29.5 Å². The fourth-order valence-corrected chi connectivity index (χ4v) is 9.99. The zero-order valence-corrected chi connectivity index (χ0v) is 22.6. The maximum atomic E-state index is 13.1. The highest BCUT2D eigenvalue weighted by molar-refractivity contribution is 7.84. The van der Waals surface area contributed by atoms with Gasteiger partial charge in [0.2, 0.25) is 0 Å². The first kappa shape index (κ1) is 27.1. The maximum absolute atomic E-state index is 13.1. The van der Waals surface area contributed by atoms with E-state index >= 15 is 0 Å². The van der Waals surface area contributed by atoms with E-state index in [2.05, 4.69) is 81.1 Å². The third-order valence-electron chi connectivity index (χ3n) is 5.65. The minimum Gasteiger partial charge on any atom is -0.407 e. The molecule has 0 saturated heterocycles. The molecule has 2 aromatic rings. The van der Waals surface area contributed by atoms with Gasteiger partial charge in [0.25, 0.3) is 8.32 Å². The first-order chi connectivity index (χ1) is 15.5. The Hall–Kier alpha value is -2.15. The van der Waals surface area contributed by atoms with Crippen molar-refractivity contribution in [1.82, 2.24) is 4.31 Å². The lowest BCUT2D eigenvalue weighted by Crippen LogP contribution is -2.66. The van der Waals surface area contributed by atoms with Crippen LogP contribution < -0.4 is 10.4 Å². The summed E-state index contributed by atoms with van der Waals surface area (Å²) in [5, 5.41) is 2.33. The van der Waals surface area contributed by atoms with Crippen molar-refractivity contribution in [3.8, 4) is 24.7 Å². The van der Waals surface area contributed by atoms with Gasteiger partial charge in [-0.1, -0.05) is 93.3 Å². The lowest BCUT2D eigenvalue weighted by molar-refractivity contribution is 0.262. The Morgan fingerprint density at radius 1 is 0.939 bits per heavy atom. The predicted octanol–water partition coefficient (Wildman–Crippen LogP) is 4.35. The number of hydrogen-bond acceptors (Lipinski definition) is 2. The van der Waals surface area contributed by atoms with E-state index < -0.39 is 24.1 Å². The summed E-state index contributed by atoms with van der Waals surface area (Å²) in [7, 11) is -3.96. The highest BCUT2D eigenvalue weighted by Crippen LogP contribution is 2.37. The van der Waals surface area contributed by atoms with E-state index in [0.717, 1.165) is 0 Å². The number of hydrogen-bond donors (Lipinski definition) is 0. The molecule has 2 aromatic carbocycles. The quantitative estimate of drug-likeness (QED) is 0.395. The molecule has 2 rings (SSSR count). The molecule has 0 aliphatic rings. The molecular weight excluding hydrogens is 442 g/mol. The van der Waals surface area contributed by atoms with Gasteiger partial charge in [-0.2, -0.15) is 4.31 Å². The molecule has 0 aliphatic carbocycles. The van der Waals surface area contributed by atoms with Crippen molar-refractivity contribution >= 4 is 29.7 Å². The van der Waals surface area contributed by atoms with Gasteiger partial charge in [-0.05, 0) is 42.6 Å². The Morgan fingerprint density at radius 2 is 1.42 bits per heavy atom. The van der Waals surface area contributed by atoms with Gasteiger partial charge in [0.15, 0.2) is 0 Å². The molecule has 0 fully saturated rings. The van der Waals surface area contributed by atoms with Gasteiger partial charge in [0, 0.05) is 6.61 Å². The molecule has 0 amide bonds. The van der Waals surface area contributed by atoms with Crippen molar-refractivity contribution in [2.75, 3.05) is 13.2 Å². The third-order valence-corrected chi connectivity index (χ3v) is 12.6. The Kier molecular flexibility index (Phi) is 9.29. The molecule has 176 valence electrons. The van der Waals surface area contributed by atoms with Crippen LogP contribution in [0.2, 0.25) is 5.04 Å². The molecule has 0 radical (unpaired) electrons. The lowest BCUT2D eigenvalue weighted by Gasteiger charge is -2.43. The fraction of sp³-hybridized carbons (Fsp3) is 0.429. The monoisotopic (exact) mass is 479 g/mol. The van der Waals surface area contributed by atoms with Crippen LogP contribution in [0, 0.1) is 24.7 Å². The van der Waals surface area contributed by atoms with Crippen molar-refractivity contribution in [1.29, 1.82) is 0 Å². The molecule has 0 spiro atoms. The molecule has 0 heterocycles. The second kappa shape index (κ2) is 11.3. The molecule has 33 heavy (non-hydrogen) atoms. The highest BCUT2D eigenvalue weighted by atomic mass is 32.2. The van der Waals surface area contributed by atoms with Crippen LogP contribution in [0.3, 0.4) is 0 Å². The van der Waals surface area contributed by atoms with Crippen molar-refractivity contribution in [3.63, 3.8) is 0 Å². The largest absolute Gasteiger partial charge is 0.407 e. The van der Waals surface area contributed by atoms with Gasteiger partial charge in [0.05, 0.1) is 17.3 Å². The van der Waals surface area contributed by atoms with Crippen LogP contribution in [0.4, 0.5) is 0 Å². The van der Waals surface area contributed by atoms with Crippen LogP contribution in [0.1, 0.15) is 48.0 Å². The average Bonchev–Trinajstić information content (AvgIpc) is 2.77. The fourth-order valence-electron chi connectivity index (χ4n) is 4.12. The van der Waals surface area contributed by atoms with Crippen LogP contribution in [0.15, 0.2) is 60.7 Å². The zero-order chi connectivity index (χ0) is 24.7. The summed E-state index contributed by atoms with van der Waals surface area (Å²) >= 11 is 0. The summed E-state index contributed by atoms with van der Waals surface area (Å²) in [6, 6.07) is 20.6. The molecule has 0 saturated carbocycles. The number of nitrogens with zero attached hydrogens (tertiary/aromatic N) is 1. The van der Waals surface area contributed by atoms with Gasteiger partial charge in [-0.25, -0.2) is 4.21 Å². The van der Waals surface area contributed by atoms with Crippen molar-refractivity contribution in [2.45, 2.75) is 63.8 Å². The molecule has 0 aromatic heterocycles. The second-order valence-corrected chi connectivity index (χ2v) is 16.6. The molecule has 0 bridgehead atoms. The normalized spacial score (nSPS) is 14.3. The minimum atomic E-state index is -2.65. The van der Waals surface area contributed by atoms with Crippen LogP contribution in [-0.2, 0) is 15.4 Å². The van der Waals surface area contributed by atoms with Gasteiger partial charge in [-0.15, -0.1) is 12.8 Å². The molecule has 0 unspecified atom stereocenters. The first-order valence-electron chi connectivity index (χ1n) is 11.3. The molecule has 5 heteroatoms. The van der Waals surface area contributed by atoms with E-state index in [-0.39, 0.29) is 17.6 Å². The predicted molar refractivity (Wildman–Crippen MR) is 144 cm³/mol. The smallest absolute Gasteiger partial charge is 0.261 e. The van der Waals surface area contributed by atoms with Crippen molar-refractivity contribution in [3.05, 3.63) is 60.7 Å². The Bertz CT molecular complexity index is 955. The summed E-state index contributed by atoms with van der Waals surface area (Å²) in [6.45, 7) is 13.2. The summed E-state index contributed by atoms with van der Waals surface area (Å²) in [4.78, 5) is 0. The van der Waals surface area contributed by atoms with E-state index in [1.807, 2.05) is 32.9 Å². The van der Waals surface area contributed by atoms with Gasteiger partial charge >= 0.3 is 0 Å². The SMILES string of the molecule is C#CCN([C@@H](C#C)CCO[Si](c1ccccc1)(c1ccccc1)C(C)(C)C)[S@](=O)C(C)(C)C. The van der Waals surface area contributed by atoms with E-state index in [0.29, 0.717) is 13.0 Å². The van der Waals surface area contributed by atoms with Crippen LogP contribution in [-0.4, -0.2) is 40.8 Å². The Morgan fingerprint density at radius 3 is 1.79 bits per heavy atom. The second-order valence-electron chi connectivity index (χ2n) is 10.1. The Labute approximate surface area is 204 Å². The van der Waals surface area contributed by atoms with E-state index in [9.17, 15) is 4.21 Å². The molecule has 2 atom stereocenters. The highest BCUT2D eigenvalue weighted by Gasteiger charge is 2.50. The van der Waals surface area contributed by atoms with Crippen LogP contribution >= 0.6 is 0 Å². The maximum Gasteiger partial charge on any atom is 0.261 e. The van der Waals surface area contributed by atoms with Crippen molar-refractivity contribution < 1.29 is 8.63 Å². The summed E-state index contributed by atoms with van der Waals surface area (Å²) in [5.41, 5.74) is 0. The average molecular weight is 480 g/mol. The minimum absolute atomic E-state index is 0.117. The first-order valence-corrected chi connectivity index (χ1v) is 14.3. The summed E-state index contributed by atoms with van der Waals surface area (Å²) in [5.74, 6) is 5.44.